The van der Waals surface area contributed by atoms with Gasteiger partial charge in [-0.1, -0.05) is 86.8 Å². The summed E-state index contributed by atoms with van der Waals surface area (Å²) in [6.45, 7) is 6.73. The molecule has 2 heterocycles. The van der Waals surface area contributed by atoms with Crippen LogP contribution in [0, 0.1) is 17.8 Å². The number of nitrogens with two attached hydrogens (primary N) is 1. The number of Topliss-reactive ketones (excluding diaryl/α,β-unsaturated/α-hetero) is 1. The van der Waals surface area contributed by atoms with Crippen molar-refractivity contribution in [3.8, 4) is 0 Å². The topological polar surface area (TPSA) is 327 Å². The second-order valence-corrected chi connectivity index (χ2v) is 17.4. The molecule has 0 aromatic rings. The third kappa shape index (κ3) is 21.4. The van der Waals surface area contributed by atoms with Crippen LogP contribution in [0.25, 0.3) is 0 Å². The van der Waals surface area contributed by atoms with Crippen LogP contribution in [0.1, 0.15) is 91.9 Å². The first-order valence-corrected chi connectivity index (χ1v) is 22.4. The van der Waals surface area contributed by atoms with Crippen LogP contribution in [-0.4, -0.2) is 166 Å². The number of cyclic esters (lactones) is 1. The molecule has 1 fully saturated rings. The van der Waals surface area contributed by atoms with Crippen molar-refractivity contribution < 1.29 is 84.8 Å². The van der Waals surface area contributed by atoms with Crippen LogP contribution < -0.4 is 5.73 Å². The van der Waals surface area contributed by atoms with E-state index in [9.17, 15) is 70.6 Å². The van der Waals surface area contributed by atoms with Gasteiger partial charge in [0.2, 0.25) is 0 Å². The lowest BCUT2D eigenvalue weighted by molar-refractivity contribution is -0.277. The van der Waals surface area contributed by atoms with Crippen molar-refractivity contribution in [3.63, 3.8) is 0 Å². The van der Waals surface area contributed by atoms with Crippen molar-refractivity contribution >= 4 is 17.7 Å². The summed E-state index contributed by atoms with van der Waals surface area (Å²) >= 11 is 0. The van der Waals surface area contributed by atoms with Gasteiger partial charge in [-0.25, -0.2) is 0 Å². The maximum atomic E-state index is 12.9. The number of carboxylic acids is 1. The van der Waals surface area contributed by atoms with E-state index in [0.29, 0.717) is 0 Å². The smallest absolute Gasteiger partial charge is 0.311 e. The molecule has 18 atom stereocenters. The van der Waals surface area contributed by atoms with Crippen LogP contribution in [0.4, 0.5) is 0 Å². The Morgan fingerprint density at radius 3 is 1.83 bits per heavy atom. The van der Waals surface area contributed by atoms with Gasteiger partial charge in [-0.3, -0.25) is 14.4 Å². The molecule has 2 rings (SSSR count). The van der Waals surface area contributed by atoms with Crippen LogP contribution in [0.5, 0.6) is 0 Å². The van der Waals surface area contributed by atoms with E-state index in [1.54, 1.807) is 44.2 Å². The van der Waals surface area contributed by atoms with E-state index in [-0.39, 0.29) is 31.6 Å². The number of ketones is 1. The number of carbonyl (C=O) groups is 3. The number of hydrogen-bond donors (Lipinski definition) is 12. The zero-order chi connectivity index (χ0) is 48.8. The zero-order valence-corrected chi connectivity index (χ0v) is 37.8. The molecule has 0 spiro atoms. The fourth-order valence-electron chi connectivity index (χ4n) is 7.45. The summed E-state index contributed by atoms with van der Waals surface area (Å²) < 4.78 is 17.0. The highest BCUT2D eigenvalue weighted by molar-refractivity contribution is 5.81. The molecule has 0 amide bonds. The Morgan fingerprint density at radius 1 is 0.615 bits per heavy atom. The Kier molecular flexibility index (Phi) is 26.6. The van der Waals surface area contributed by atoms with Crippen molar-refractivity contribution in [1.29, 1.82) is 0 Å². The van der Waals surface area contributed by atoms with Gasteiger partial charge in [0.05, 0.1) is 79.6 Å². The van der Waals surface area contributed by atoms with E-state index in [2.05, 4.69) is 0 Å². The molecule has 65 heavy (non-hydrogen) atoms. The number of carbonyl (C=O) groups excluding carboxylic acids is 2. The molecule has 18 heteroatoms. The second kappa shape index (κ2) is 30.0. The highest BCUT2D eigenvalue weighted by Gasteiger charge is 2.43. The quantitative estimate of drug-likeness (QED) is 0.174. The number of aliphatic hydroxyl groups is 10. The highest BCUT2D eigenvalue weighted by Crippen LogP contribution is 2.26. The highest BCUT2D eigenvalue weighted by atomic mass is 16.7. The van der Waals surface area contributed by atoms with Crippen LogP contribution in [0.15, 0.2) is 72.9 Å². The Bertz CT molecular complexity index is 1600. The molecular weight excluding hydrogens is 851 g/mol. The van der Waals surface area contributed by atoms with Gasteiger partial charge < -0.3 is 76.1 Å². The SMILES string of the molecule is C[C@@H]1[C@@H](O)[C@H](C)/C=C\C=C/CC\C=C/C=C\C=C/C=C\[C@H](O[C@@H]2O[C@H](C)[C@@H](O)[C@H](N)[C@@H]2O)C[C@H](O)[C@H](C(=O)O)[C@H](O)CC(=O)C[C@H](O)[C@H](O)CC[C@H](O)C[C@H](O)C[C@H](O)CC(=O)O[C@@H]1C. The molecular formula is C47H75NO17. The summed E-state index contributed by atoms with van der Waals surface area (Å²) in [6, 6.07) is -1.15. The van der Waals surface area contributed by atoms with E-state index >= 15 is 0 Å². The summed E-state index contributed by atoms with van der Waals surface area (Å²) in [6.07, 6.45) is 0.848. The Morgan fingerprint density at radius 2 is 1.18 bits per heavy atom. The van der Waals surface area contributed by atoms with Gasteiger partial charge in [-0.15, -0.1) is 0 Å². The van der Waals surface area contributed by atoms with E-state index in [4.69, 9.17) is 19.9 Å². The van der Waals surface area contributed by atoms with Gasteiger partial charge in [0.1, 0.15) is 23.9 Å². The fourth-order valence-corrected chi connectivity index (χ4v) is 7.45. The van der Waals surface area contributed by atoms with Gasteiger partial charge in [0.25, 0.3) is 0 Å². The summed E-state index contributed by atoms with van der Waals surface area (Å²) in [7, 11) is 0. The third-order valence-electron chi connectivity index (χ3n) is 11.7. The van der Waals surface area contributed by atoms with Gasteiger partial charge in [0.15, 0.2) is 6.29 Å². The predicted octanol–water partition coefficient (Wildman–Crippen LogP) is 0.778. The number of ether oxygens (including phenoxy) is 3. The zero-order valence-electron chi connectivity index (χ0n) is 37.8. The molecule has 0 aliphatic carbocycles. The normalized spacial score (nSPS) is 42.5. The molecule has 0 unspecified atom stereocenters. The first-order chi connectivity index (χ1) is 30.6. The maximum Gasteiger partial charge on any atom is 0.311 e. The number of hydrogen-bond acceptors (Lipinski definition) is 17. The van der Waals surface area contributed by atoms with Crippen LogP contribution in [-0.2, 0) is 28.6 Å². The number of aliphatic hydroxyl groups excluding tert-OH is 10. The minimum atomic E-state index is -1.95. The summed E-state index contributed by atoms with van der Waals surface area (Å²) in [4.78, 5) is 37.8. The maximum absolute atomic E-state index is 12.9. The minimum absolute atomic E-state index is 0.144. The number of rotatable bonds is 3. The van der Waals surface area contributed by atoms with Crippen LogP contribution in [0.3, 0.4) is 0 Å². The van der Waals surface area contributed by atoms with Crippen molar-refractivity contribution in [2.75, 3.05) is 0 Å². The lowest BCUT2D eigenvalue weighted by Crippen LogP contribution is -2.61. The molecule has 1 saturated heterocycles. The number of allylic oxidation sites excluding steroid dienone is 10. The average Bonchev–Trinajstić information content (AvgIpc) is 3.22. The van der Waals surface area contributed by atoms with Gasteiger partial charge >= 0.3 is 11.9 Å². The molecule has 2 aliphatic heterocycles. The molecule has 0 radical (unpaired) electrons. The molecule has 2 aliphatic rings. The van der Waals surface area contributed by atoms with Crippen molar-refractivity contribution in [1.82, 2.24) is 0 Å². The summed E-state index contributed by atoms with van der Waals surface area (Å²) in [5.74, 6) is -5.88. The average molecular weight is 926 g/mol. The summed E-state index contributed by atoms with van der Waals surface area (Å²) in [5, 5.41) is 116. The molecule has 0 bridgehead atoms. The van der Waals surface area contributed by atoms with E-state index < -0.39 is 147 Å². The van der Waals surface area contributed by atoms with Crippen LogP contribution >= 0.6 is 0 Å². The van der Waals surface area contributed by atoms with Crippen molar-refractivity contribution in [2.45, 2.75) is 184 Å². The lowest BCUT2D eigenvalue weighted by atomic mass is 9.88. The Balaban J connectivity index is 2.26. The molecule has 0 aromatic carbocycles. The second-order valence-electron chi connectivity index (χ2n) is 17.4. The van der Waals surface area contributed by atoms with E-state index in [0.717, 1.165) is 12.8 Å². The number of carboxylic acid groups (broad SMARTS) is 1. The van der Waals surface area contributed by atoms with Gasteiger partial charge in [-0.2, -0.15) is 0 Å². The van der Waals surface area contributed by atoms with Crippen molar-refractivity contribution in [3.05, 3.63) is 72.9 Å². The molecule has 370 valence electrons. The predicted molar refractivity (Wildman–Crippen MR) is 238 cm³/mol. The lowest BCUT2D eigenvalue weighted by Gasteiger charge is -2.41. The van der Waals surface area contributed by atoms with Crippen LogP contribution in [0.2, 0.25) is 0 Å². The van der Waals surface area contributed by atoms with E-state index in [1.807, 2.05) is 43.4 Å². The molecule has 0 aromatic heterocycles. The first-order valence-electron chi connectivity index (χ1n) is 22.4. The largest absolute Gasteiger partial charge is 0.481 e. The standard InChI is InChI=1S/C47H75NO17/c1-27-17-15-13-11-9-7-5-6-8-10-12-14-16-18-35(65-47-45(60)42(48)44(59)30(4)64-47)26-39(56)41(46(61)62)38(55)24-34(52)23-37(54)36(53)20-19-31(49)21-32(50)22-33(51)25-40(57)63-29(3)28(2)43(27)58/h5-6,8,10-18,27-33,35-39,41-45,47,49-51,53-56,58-60H,7,9,19-26,48H2,1-4H3,(H,61,62)/b6-5-,10-8-,13-11-,14-12-,17-15-,18-16-/t27-,28+,29-,30-,31+,32+,33+,35+,36-,37+,38-,39+,41-,42+,43+,44-,45+,47+/m1/s1. The fraction of sp³-hybridized carbons (Fsp3) is 0.681. The molecule has 13 N–H and O–H groups in total. The van der Waals surface area contributed by atoms with E-state index in [1.165, 1.54) is 13.0 Å². The monoisotopic (exact) mass is 926 g/mol. The first kappa shape index (κ1) is 57.7. The third-order valence-corrected chi connectivity index (χ3v) is 11.7. The van der Waals surface area contributed by atoms with Gasteiger partial charge in [0, 0.05) is 31.1 Å². The van der Waals surface area contributed by atoms with Gasteiger partial charge in [-0.05, 0) is 52.4 Å². The Labute approximate surface area is 381 Å². The number of aliphatic carboxylic acids is 1. The number of esters is 1. The summed E-state index contributed by atoms with van der Waals surface area (Å²) in [5.41, 5.74) is 5.96. The molecule has 0 saturated carbocycles. The van der Waals surface area contributed by atoms with Crippen molar-refractivity contribution in [2.24, 2.45) is 23.5 Å². The molecule has 18 nitrogen and oxygen atoms in total. The minimum Gasteiger partial charge on any atom is -0.481 e. The Hall–Kier alpha value is -3.47.